The number of rotatable bonds is 3. The van der Waals surface area contributed by atoms with E-state index in [-0.39, 0.29) is 24.1 Å². The maximum Gasteiger partial charge on any atom is 0.224 e. The average molecular weight is 262 g/mol. The van der Waals surface area contributed by atoms with E-state index in [4.69, 9.17) is 10.5 Å². The third-order valence-electron chi connectivity index (χ3n) is 3.55. The third-order valence-corrected chi connectivity index (χ3v) is 3.55. The zero-order valence-electron chi connectivity index (χ0n) is 11.6. The highest BCUT2D eigenvalue weighted by molar-refractivity contribution is 5.77. The van der Waals surface area contributed by atoms with Crippen molar-refractivity contribution in [3.8, 4) is 0 Å². The molecule has 19 heavy (non-hydrogen) atoms. The summed E-state index contributed by atoms with van der Waals surface area (Å²) >= 11 is 0. The Bertz CT molecular complexity index is 421. The van der Waals surface area contributed by atoms with Crippen molar-refractivity contribution in [1.82, 2.24) is 4.90 Å². The van der Waals surface area contributed by atoms with Crippen molar-refractivity contribution in [3.63, 3.8) is 0 Å². The summed E-state index contributed by atoms with van der Waals surface area (Å²) in [5, 5.41) is 0. The van der Waals surface area contributed by atoms with Crippen LogP contribution in [-0.4, -0.2) is 36.1 Å². The highest BCUT2D eigenvalue weighted by atomic mass is 16.5. The topological polar surface area (TPSA) is 55.6 Å². The number of carbonyl (C=O) groups excluding carboxylic acids is 1. The molecule has 0 aromatic heterocycles. The first-order valence-corrected chi connectivity index (χ1v) is 6.79. The second kappa shape index (κ2) is 6.17. The summed E-state index contributed by atoms with van der Waals surface area (Å²) < 4.78 is 5.53. The van der Waals surface area contributed by atoms with Crippen molar-refractivity contribution in [1.29, 1.82) is 0 Å². The zero-order chi connectivity index (χ0) is 13.8. The van der Waals surface area contributed by atoms with Gasteiger partial charge in [0.2, 0.25) is 5.91 Å². The SMILES string of the molecule is CC1CN(C(=O)CC(N)c2ccccc2)C(C)CO1. The highest BCUT2D eigenvalue weighted by Gasteiger charge is 2.28. The van der Waals surface area contributed by atoms with Gasteiger partial charge in [-0.3, -0.25) is 4.79 Å². The summed E-state index contributed by atoms with van der Waals surface area (Å²) in [6.07, 6.45) is 0.453. The molecule has 3 atom stereocenters. The summed E-state index contributed by atoms with van der Waals surface area (Å²) in [5.74, 6) is 0.110. The Labute approximate surface area is 114 Å². The molecule has 0 spiro atoms. The number of hydrogen-bond acceptors (Lipinski definition) is 3. The first-order chi connectivity index (χ1) is 9.08. The van der Waals surface area contributed by atoms with Gasteiger partial charge in [0, 0.05) is 19.0 Å². The molecule has 2 rings (SSSR count). The quantitative estimate of drug-likeness (QED) is 0.902. The summed E-state index contributed by atoms with van der Waals surface area (Å²) in [6, 6.07) is 9.65. The van der Waals surface area contributed by atoms with Crippen molar-refractivity contribution < 1.29 is 9.53 Å². The number of amides is 1. The van der Waals surface area contributed by atoms with Crippen LogP contribution in [0.1, 0.15) is 31.9 Å². The van der Waals surface area contributed by atoms with Crippen molar-refractivity contribution in [2.24, 2.45) is 5.73 Å². The van der Waals surface area contributed by atoms with Crippen LogP contribution in [0.25, 0.3) is 0 Å². The van der Waals surface area contributed by atoms with Crippen molar-refractivity contribution in [3.05, 3.63) is 35.9 Å². The van der Waals surface area contributed by atoms with Gasteiger partial charge in [-0.2, -0.15) is 0 Å². The molecule has 1 saturated heterocycles. The maximum absolute atomic E-state index is 12.3. The lowest BCUT2D eigenvalue weighted by molar-refractivity contribution is -0.143. The molecule has 0 bridgehead atoms. The molecular formula is C15H22N2O2. The number of morpholine rings is 1. The van der Waals surface area contributed by atoms with Crippen LogP contribution in [-0.2, 0) is 9.53 Å². The number of hydrogen-bond donors (Lipinski definition) is 1. The van der Waals surface area contributed by atoms with Crippen LogP contribution in [0.3, 0.4) is 0 Å². The van der Waals surface area contributed by atoms with Crippen LogP contribution in [0, 0.1) is 0 Å². The second-order valence-corrected chi connectivity index (χ2v) is 5.26. The third kappa shape index (κ3) is 3.55. The molecule has 1 heterocycles. The molecular weight excluding hydrogens is 240 g/mol. The lowest BCUT2D eigenvalue weighted by Gasteiger charge is -2.37. The molecule has 1 aliphatic rings. The smallest absolute Gasteiger partial charge is 0.224 e. The molecule has 2 N–H and O–H groups in total. The van der Waals surface area contributed by atoms with E-state index >= 15 is 0 Å². The molecule has 104 valence electrons. The molecule has 1 aromatic carbocycles. The summed E-state index contributed by atoms with van der Waals surface area (Å²) in [6.45, 7) is 5.26. The van der Waals surface area contributed by atoms with E-state index < -0.39 is 0 Å². The molecule has 1 fully saturated rings. The number of nitrogens with zero attached hydrogens (tertiary/aromatic N) is 1. The van der Waals surface area contributed by atoms with Gasteiger partial charge in [-0.1, -0.05) is 30.3 Å². The Morgan fingerprint density at radius 2 is 2.11 bits per heavy atom. The van der Waals surface area contributed by atoms with Gasteiger partial charge in [0.25, 0.3) is 0 Å². The predicted molar refractivity (Wildman–Crippen MR) is 74.6 cm³/mol. The molecule has 0 aliphatic carbocycles. The minimum Gasteiger partial charge on any atom is -0.375 e. The fourth-order valence-corrected chi connectivity index (χ4v) is 2.37. The molecule has 4 heteroatoms. The van der Waals surface area contributed by atoms with Gasteiger partial charge in [0.15, 0.2) is 0 Å². The minimum atomic E-state index is -0.237. The van der Waals surface area contributed by atoms with E-state index in [1.807, 2.05) is 49.1 Å². The van der Waals surface area contributed by atoms with Crippen LogP contribution >= 0.6 is 0 Å². The van der Waals surface area contributed by atoms with E-state index in [9.17, 15) is 4.79 Å². The monoisotopic (exact) mass is 262 g/mol. The fraction of sp³-hybridized carbons (Fsp3) is 0.533. The maximum atomic E-state index is 12.3. The first kappa shape index (κ1) is 14.0. The molecule has 4 nitrogen and oxygen atoms in total. The normalized spacial score (nSPS) is 25.1. The fourth-order valence-electron chi connectivity index (χ4n) is 2.37. The number of carbonyl (C=O) groups is 1. The Balaban J connectivity index is 1.96. The standard InChI is InChI=1S/C15H22N2O2/c1-11-10-19-12(2)9-17(11)15(18)8-14(16)13-6-4-3-5-7-13/h3-7,11-12,14H,8-10,16H2,1-2H3. The van der Waals surface area contributed by atoms with Gasteiger partial charge in [-0.15, -0.1) is 0 Å². The van der Waals surface area contributed by atoms with Gasteiger partial charge < -0.3 is 15.4 Å². The van der Waals surface area contributed by atoms with E-state index in [1.165, 1.54) is 0 Å². The molecule has 0 saturated carbocycles. The minimum absolute atomic E-state index is 0.105. The predicted octanol–water partition coefficient (Wildman–Crippen LogP) is 1.71. The van der Waals surface area contributed by atoms with Gasteiger partial charge in [0.1, 0.15) is 0 Å². The molecule has 1 amide bonds. The second-order valence-electron chi connectivity index (χ2n) is 5.26. The van der Waals surface area contributed by atoms with E-state index in [0.717, 1.165) is 5.56 Å². The van der Waals surface area contributed by atoms with Crippen molar-refractivity contribution >= 4 is 5.91 Å². The summed E-state index contributed by atoms with van der Waals surface area (Å²) in [7, 11) is 0. The van der Waals surface area contributed by atoms with Crippen molar-refractivity contribution in [2.75, 3.05) is 13.2 Å². The Morgan fingerprint density at radius 3 is 2.79 bits per heavy atom. The average Bonchev–Trinajstić information content (AvgIpc) is 2.42. The van der Waals surface area contributed by atoms with E-state index in [0.29, 0.717) is 19.6 Å². The number of nitrogens with two attached hydrogens (primary N) is 1. The van der Waals surface area contributed by atoms with Crippen LogP contribution in [0.4, 0.5) is 0 Å². The Morgan fingerprint density at radius 1 is 1.42 bits per heavy atom. The highest BCUT2D eigenvalue weighted by Crippen LogP contribution is 2.18. The molecule has 1 aromatic rings. The lowest BCUT2D eigenvalue weighted by atomic mass is 10.0. The largest absolute Gasteiger partial charge is 0.375 e. The van der Waals surface area contributed by atoms with Crippen LogP contribution in [0.2, 0.25) is 0 Å². The van der Waals surface area contributed by atoms with E-state index in [1.54, 1.807) is 0 Å². The van der Waals surface area contributed by atoms with Gasteiger partial charge in [-0.25, -0.2) is 0 Å². The summed E-state index contributed by atoms with van der Waals surface area (Å²) in [5.41, 5.74) is 7.11. The van der Waals surface area contributed by atoms with Gasteiger partial charge in [-0.05, 0) is 19.4 Å². The summed E-state index contributed by atoms with van der Waals surface area (Å²) in [4.78, 5) is 14.2. The first-order valence-electron chi connectivity index (χ1n) is 6.79. The molecule has 1 aliphatic heterocycles. The van der Waals surface area contributed by atoms with Crippen LogP contribution < -0.4 is 5.73 Å². The number of benzene rings is 1. The van der Waals surface area contributed by atoms with Crippen LogP contribution in [0.15, 0.2) is 30.3 Å². The molecule has 3 unspecified atom stereocenters. The number of ether oxygens (including phenoxy) is 1. The van der Waals surface area contributed by atoms with Gasteiger partial charge >= 0.3 is 0 Å². The lowest BCUT2D eigenvalue weighted by Crippen LogP contribution is -2.50. The Kier molecular flexibility index (Phi) is 4.56. The van der Waals surface area contributed by atoms with Crippen molar-refractivity contribution in [2.45, 2.75) is 38.5 Å². The Hall–Kier alpha value is -1.39. The van der Waals surface area contributed by atoms with Gasteiger partial charge in [0.05, 0.1) is 18.8 Å². The van der Waals surface area contributed by atoms with Crippen LogP contribution in [0.5, 0.6) is 0 Å². The van der Waals surface area contributed by atoms with E-state index in [2.05, 4.69) is 0 Å². The zero-order valence-corrected chi connectivity index (χ0v) is 11.6. The molecule has 0 radical (unpaired) electrons.